The van der Waals surface area contributed by atoms with Gasteiger partial charge >= 0.3 is 0 Å². The van der Waals surface area contributed by atoms with Crippen LogP contribution < -0.4 is 14.5 Å². The number of hydrogen-bond acceptors (Lipinski definition) is 8. The van der Waals surface area contributed by atoms with Gasteiger partial charge in [-0.05, 0) is 74.7 Å². The third kappa shape index (κ3) is 7.95. The summed E-state index contributed by atoms with van der Waals surface area (Å²) in [6, 6.07) is 16.8. The van der Waals surface area contributed by atoms with Crippen LogP contribution in [0.2, 0.25) is 0 Å². The van der Waals surface area contributed by atoms with Crippen LogP contribution >= 0.6 is 0 Å². The molecule has 9 heteroatoms. The molecule has 44 heavy (non-hydrogen) atoms. The van der Waals surface area contributed by atoms with E-state index in [0.717, 1.165) is 73.0 Å². The van der Waals surface area contributed by atoms with Gasteiger partial charge in [0.1, 0.15) is 5.75 Å². The van der Waals surface area contributed by atoms with Gasteiger partial charge in [0.15, 0.2) is 0 Å². The van der Waals surface area contributed by atoms with Gasteiger partial charge in [0.2, 0.25) is 5.95 Å². The highest BCUT2D eigenvalue weighted by atomic mass is 16.5. The molecular weight excluding hydrogens is 552 g/mol. The molecular formula is C35H42N6O3. The number of rotatable bonds is 5. The standard InChI is InChI=1S/C35H42N6O3/c1-5-10-34(42)41-16-14-29(25-41)38(2)17-18-39(3)30-21-27-22-31(24-30)40(4)35-36-15-13-33(37-35)28-11-9-12-32(23-28)44-20-8-6-7-19-43-26-27/h6-7,9,11-13,15,21-24,29H,8,14,16-20,25-26H2,1-4H3/b7-6+. The summed E-state index contributed by atoms with van der Waals surface area (Å²) in [5.74, 6) is 6.74. The highest BCUT2D eigenvalue weighted by Gasteiger charge is 2.28. The molecule has 230 valence electrons. The lowest BCUT2D eigenvalue weighted by Gasteiger charge is -2.29. The zero-order valence-corrected chi connectivity index (χ0v) is 26.2. The lowest BCUT2D eigenvalue weighted by Crippen LogP contribution is -2.40. The van der Waals surface area contributed by atoms with Crippen LogP contribution in [-0.4, -0.2) is 92.3 Å². The third-order valence-electron chi connectivity index (χ3n) is 8.16. The van der Waals surface area contributed by atoms with E-state index in [1.54, 1.807) is 13.1 Å². The zero-order chi connectivity index (χ0) is 30.9. The molecule has 1 amide bonds. The number of carbonyl (C=O) groups is 1. The summed E-state index contributed by atoms with van der Waals surface area (Å²) in [4.78, 5) is 30.2. The Hall–Kier alpha value is -4.39. The van der Waals surface area contributed by atoms with Crippen molar-refractivity contribution in [2.24, 2.45) is 0 Å². The second-order valence-electron chi connectivity index (χ2n) is 11.3. The Morgan fingerprint density at radius 2 is 2.00 bits per heavy atom. The summed E-state index contributed by atoms with van der Waals surface area (Å²) < 4.78 is 12.0. The van der Waals surface area contributed by atoms with E-state index in [-0.39, 0.29) is 5.91 Å². The van der Waals surface area contributed by atoms with Gasteiger partial charge < -0.3 is 24.2 Å². The smallest absolute Gasteiger partial charge is 0.298 e. The molecule has 1 aromatic heterocycles. The first kappa shape index (κ1) is 31.0. The zero-order valence-electron chi connectivity index (χ0n) is 26.2. The number of carbonyl (C=O) groups excluding carboxylic acids is 1. The maximum absolute atomic E-state index is 12.2. The molecule has 9 nitrogen and oxygen atoms in total. The first-order chi connectivity index (χ1) is 21.4. The van der Waals surface area contributed by atoms with E-state index < -0.39 is 0 Å². The maximum Gasteiger partial charge on any atom is 0.298 e. The molecule has 2 aromatic carbocycles. The summed E-state index contributed by atoms with van der Waals surface area (Å²) in [7, 11) is 6.25. The van der Waals surface area contributed by atoms with Crippen molar-refractivity contribution in [1.82, 2.24) is 19.8 Å². The van der Waals surface area contributed by atoms with Crippen LogP contribution in [0.3, 0.4) is 0 Å². The summed E-state index contributed by atoms with van der Waals surface area (Å²) in [6.07, 6.45) is 7.71. The Morgan fingerprint density at radius 1 is 1.11 bits per heavy atom. The Balaban J connectivity index is 1.35. The fourth-order valence-corrected chi connectivity index (χ4v) is 5.45. The normalized spacial score (nSPS) is 17.6. The average Bonchev–Trinajstić information content (AvgIpc) is 3.55. The number of ether oxygens (including phenoxy) is 2. The van der Waals surface area contributed by atoms with Crippen molar-refractivity contribution in [2.45, 2.75) is 32.4 Å². The topological polar surface area (TPSA) is 74.3 Å². The molecule has 2 aliphatic heterocycles. The fourth-order valence-electron chi connectivity index (χ4n) is 5.45. The lowest BCUT2D eigenvalue weighted by molar-refractivity contribution is -0.124. The lowest BCUT2D eigenvalue weighted by atomic mass is 10.1. The average molecular weight is 595 g/mol. The Morgan fingerprint density at radius 3 is 2.86 bits per heavy atom. The van der Waals surface area contributed by atoms with E-state index in [2.05, 4.69) is 65.0 Å². The fraction of sp³-hybridized carbons (Fsp3) is 0.400. The monoisotopic (exact) mass is 594 g/mol. The van der Waals surface area contributed by atoms with Gasteiger partial charge in [-0.25, -0.2) is 9.97 Å². The van der Waals surface area contributed by atoms with Crippen LogP contribution in [0.15, 0.2) is 66.9 Å². The minimum absolute atomic E-state index is 0.0769. The van der Waals surface area contributed by atoms with Gasteiger partial charge in [-0.15, -0.1) is 0 Å². The summed E-state index contributed by atoms with van der Waals surface area (Å²) in [6.45, 7) is 6.49. The molecule has 1 fully saturated rings. The number of anilines is 3. The third-order valence-corrected chi connectivity index (χ3v) is 8.16. The van der Waals surface area contributed by atoms with E-state index in [1.807, 2.05) is 53.3 Å². The van der Waals surface area contributed by atoms with E-state index in [1.165, 1.54) is 0 Å². The van der Waals surface area contributed by atoms with Crippen LogP contribution in [0.5, 0.6) is 5.75 Å². The predicted molar refractivity (Wildman–Crippen MR) is 175 cm³/mol. The quantitative estimate of drug-likeness (QED) is 0.309. The molecule has 3 aromatic rings. The highest BCUT2D eigenvalue weighted by Crippen LogP contribution is 2.30. The number of hydrogen-bond donors (Lipinski definition) is 0. The maximum atomic E-state index is 12.2. The summed E-state index contributed by atoms with van der Waals surface area (Å²) in [5.41, 5.74) is 4.97. The molecule has 1 atom stereocenters. The number of likely N-dealkylation sites (N-methyl/N-ethyl adjacent to an activating group) is 2. The van der Waals surface area contributed by atoms with Crippen LogP contribution in [0.4, 0.5) is 17.3 Å². The number of likely N-dealkylation sites (tertiary alicyclic amines) is 1. The Bertz CT molecular complexity index is 1530. The SMILES string of the molecule is CC#CC(=O)N1CCC(N(C)CCN(C)c2cc3cc(c2)N(C)c2nccc(n2)-c2cccc(c2)OCC/C=C/COC3)C1. The van der Waals surface area contributed by atoms with Gasteiger partial charge in [0, 0.05) is 69.5 Å². The van der Waals surface area contributed by atoms with Crippen LogP contribution in [-0.2, 0) is 16.1 Å². The molecule has 2 aliphatic rings. The predicted octanol–water partition coefficient (Wildman–Crippen LogP) is 4.76. The second kappa shape index (κ2) is 14.9. The van der Waals surface area contributed by atoms with Gasteiger partial charge in [0.25, 0.3) is 5.91 Å². The molecule has 0 spiro atoms. The molecule has 0 saturated carbocycles. The van der Waals surface area contributed by atoms with Crippen molar-refractivity contribution in [3.63, 3.8) is 0 Å². The molecule has 1 unspecified atom stereocenters. The van der Waals surface area contributed by atoms with Crippen molar-refractivity contribution in [3.8, 4) is 28.8 Å². The van der Waals surface area contributed by atoms with Gasteiger partial charge in [-0.2, -0.15) is 0 Å². The largest absolute Gasteiger partial charge is 0.493 e. The second-order valence-corrected chi connectivity index (χ2v) is 11.3. The summed E-state index contributed by atoms with van der Waals surface area (Å²) in [5, 5.41) is 0. The Kier molecular flexibility index (Phi) is 10.5. The first-order valence-electron chi connectivity index (χ1n) is 15.2. The van der Waals surface area contributed by atoms with E-state index >= 15 is 0 Å². The molecule has 5 rings (SSSR count). The number of benzene rings is 2. The van der Waals surface area contributed by atoms with E-state index in [4.69, 9.17) is 14.5 Å². The molecule has 0 radical (unpaired) electrons. The van der Waals surface area contributed by atoms with Crippen molar-refractivity contribution >= 4 is 23.2 Å². The van der Waals surface area contributed by atoms with Crippen molar-refractivity contribution in [3.05, 3.63) is 72.4 Å². The first-order valence-corrected chi connectivity index (χ1v) is 15.2. The van der Waals surface area contributed by atoms with Gasteiger partial charge in [-0.3, -0.25) is 9.69 Å². The molecule has 6 bridgehead atoms. The highest BCUT2D eigenvalue weighted by molar-refractivity contribution is 5.93. The van der Waals surface area contributed by atoms with Crippen molar-refractivity contribution in [1.29, 1.82) is 0 Å². The van der Waals surface area contributed by atoms with Crippen LogP contribution in [0, 0.1) is 11.8 Å². The molecule has 0 aliphatic carbocycles. The molecule has 0 N–H and O–H groups in total. The number of fused-ring (bicyclic) bond motifs is 7. The minimum atomic E-state index is -0.0769. The van der Waals surface area contributed by atoms with E-state index in [9.17, 15) is 4.79 Å². The van der Waals surface area contributed by atoms with Crippen LogP contribution in [0.1, 0.15) is 25.3 Å². The van der Waals surface area contributed by atoms with Crippen molar-refractivity contribution < 1.29 is 14.3 Å². The number of amides is 1. The molecule has 1 saturated heterocycles. The van der Waals surface area contributed by atoms with Gasteiger partial charge in [-0.1, -0.05) is 30.2 Å². The minimum Gasteiger partial charge on any atom is -0.493 e. The number of nitrogens with zero attached hydrogens (tertiary/aromatic N) is 6. The number of aromatic nitrogens is 2. The Labute approximate surface area is 261 Å². The van der Waals surface area contributed by atoms with Gasteiger partial charge in [0.05, 0.1) is 25.5 Å². The summed E-state index contributed by atoms with van der Waals surface area (Å²) >= 11 is 0. The van der Waals surface area contributed by atoms with Crippen molar-refractivity contribution in [2.75, 3.05) is 70.3 Å². The van der Waals surface area contributed by atoms with E-state index in [0.29, 0.717) is 31.8 Å². The molecule has 3 heterocycles. The van der Waals surface area contributed by atoms with Crippen LogP contribution in [0.25, 0.3) is 11.3 Å².